The van der Waals surface area contributed by atoms with E-state index in [2.05, 4.69) is 5.32 Å². The van der Waals surface area contributed by atoms with Crippen molar-refractivity contribution in [2.45, 2.75) is 31.9 Å². The monoisotopic (exact) mass is 375 g/mol. The maximum atomic E-state index is 12.4. The molecule has 26 heavy (non-hydrogen) atoms. The predicted octanol–water partition coefficient (Wildman–Crippen LogP) is 4.15. The molecule has 0 unspecified atom stereocenters. The van der Waals surface area contributed by atoms with E-state index in [4.69, 9.17) is 25.8 Å². The largest absolute Gasteiger partial charge is 0.497 e. The van der Waals surface area contributed by atoms with Gasteiger partial charge in [-0.15, -0.1) is 0 Å². The molecule has 1 heterocycles. The zero-order chi connectivity index (χ0) is 18.7. The van der Waals surface area contributed by atoms with Crippen molar-refractivity contribution in [1.29, 1.82) is 0 Å². The number of ether oxygens (including phenoxy) is 3. The van der Waals surface area contributed by atoms with Crippen molar-refractivity contribution in [1.82, 2.24) is 5.32 Å². The van der Waals surface area contributed by atoms with Crippen LogP contribution in [-0.4, -0.2) is 25.2 Å². The predicted molar refractivity (Wildman–Crippen MR) is 100 cm³/mol. The molecule has 0 saturated heterocycles. The van der Waals surface area contributed by atoms with E-state index in [1.807, 2.05) is 32.0 Å². The molecule has 1 N–H and O–H groups in total. The molecule has 1 atom stereocenters. The highest BCUT2D eigenvalue weighted by Crippen LogP contribution is 2.41. The Balaban J connectivity index is 1.70. The van der Waals surface area contributed by atoms with Crippen molar-refractivity contribution in [2.75, 3.05) is 13.7 Å². The topological polar surface area (TPSA) is 56.8 Å². The highest BCUT2D eigenvalue weighted by atomic mass is 35.5. The fourth-order valence-electron chi connectivity index (χ4n) is 3.00. The van der Waals surface area contributed by atoms with E-state index < -0.39 is 0 Å². The van der Waals surface area contributed by atoms with Crippen LogP contribution in [0.3, 0.4) is 0 Å². The van der Waals surface area contributed by atoms with E-state index in [0.29, 0.717) is 17.2 Å². The number of nitrogens with one attached hydrogen (secondary N) is 1. The van der Waals surface area contributed by atoms with Crippen molar-refractivity contribution in [2.24, 2.45) is 0 Å². The Morgan fingerprint density at radius 2 is 1.92 bits per heavy atom. The maximum Gasteiger partial charge on any atom is 0.258 e. The Bertz CT molecular complexity index is 789. The lowest BCUT2D eigenvalue weighted by Gasteiger charge is -2.38. The first kappa shape index (κ1) is 18.4. The summed E-state index contributed by atoms with van der Waals surface area (Å²) >= 11 is 5.85. The lowest BCUT2D eigenvalue weighted by molar-refractivity contribution is -0.124. The first-order chi connectivity index (χ1) is 12.4. The van der Waals surface area contributed by atoms with Crippen molar-refractivity contribution in [3.05, 3.63) is 53.1 Å². The van der Waals surface area contributed by atoms with Crippen molar-refractivity contribution < 1.29 is 19.0 Å². The summed E-state index contributed by atoms with van der Waals surface area (Å²) in [5, 5.41) is 3.66. The molecule has 0 spiro atoms. The van der Waals surface area contributed by atoms with Crippen molar-refractivity contribution in [3.63, 3.8) is 0 Å². The van der Waals surface area contributed by atoms with Crippen LogP contribution in [0.5, 0.6) is 17.2 Å². The molecule has 3 rings (SSSR count). The summed E-state index contributed by atoms with van der Waals surface area (Å²) in [6.45, 7) is 3.94. The van der Waals surface area contributed by atoms with Crippen molar-refractivity contribution >= 4 is 17.5 Å². The number of methoxy groups -OCH3 is 1. The molecule has 2 aromatic rings. The average molecular weight is 376 g/mol. The van der Waals surface area contributed by atoms with Crippen LogP contribution in [-0.2, 0) is 4.79 Å². The van der Waals surface area contributed by atoms with Gasteiger partial charge in [0.15, 0.2) is 6.61 Å². The number of amides is 1. The summed E-state index contributed by atoms with van der Waals surface area (Å²) in [5.41, 5.74) is 0.528. The zero-order valence-corrected chi connectivity index (χ0v) is 15.8. The molecular formula is C20H22ClNO4. The summed E-state index contributed by atoms with van der Waals surface area (Å²) in [4.78, 5) is 12.4. The molecule has 0 radical (unpaired) electrons. The van der Waals surface area contributed by atoms with Crippen LogP contribution >= 0.6 is 11.6 Å². The van der Waals surface area contributed by atoms with Gasteiger partial charge in [0.05, 0.1) is 13.2 Å². The highest BCUT2D eigenvalue weighted by Gasteiger charge is 2.34. The van der Waals surface area contributed by atoms with Gasteiger partial charge in [0.2, 0.25) is 0 Å². The lowest BCUT2D eigenvalue weighted by Crippen LogP contribution is -2.42. The molecule has 5 nitrogen and oxygen atoms in total. The second-order valence-corrected chi connectivity index (χ2v) is 7.27. The van der Waals surface area contributed by atoms with Crippen LogP contribution in [0.1, 0.15) is 31.9 Å². The third-order valence-corrected chi connectivity index (χ3v) is 4.45. The summed E-state index contributed by atoms with van der Waals surface area (Å²) in [7, 11) is 1.61. The third kappa shape index (κ3) is 4.41. The van der Waals surface area contributed by atoms with Gasteiger partial charge in [-0.25, -0.2) is 0 Å². The lowest BCUT2D eigenvalue weighted by atomic mass is 9.89. The summed E-state index contributed by atoms with van der Waals surface area (Å²) in [6, 6.07) is 12.3. The SMILES string of the molecule is COc1ccc2c(c1)[C@H](NC(=O)COc1ccc(Cl)cc1)CC(C)(C)O2. The number of hydrogen-bond acceptors (Lipinski definition) is 4. The Morgan fingerprint density at radius 1 is 1.23 bits per heavy atom. The minimum atomic E-state index is -0.378. The van der Waals surface area contributed by atoms with Crippen LogP contribution in [0, 0.1) is 0 Å². The van der Waals surface area contributed by atoms with E-state index in [1.165, 1.54) is 0 Å². The van der Waals surface area contributed by atoms with E-state index in [1.54, 1.807) is 31.4 Å². The number of carbonyl (C=O) groups is 1. The molecule has 6 heteroatoms. The van der Waals surface area contributed by atoms with Crippen LogP contribution in [0.25, 0.3) is 0 Å². The number of hydrogen-bond donors (Lipinski definition) is 1. The van der Waals surface area contributed by atoms with E-state index in [0.717, 1.165) is 17.1 Å². The third-order valence-electron chi connectivity index (χ3n) is 4.19. The van der Waals surface area contributed by atoms with Gasteiger partial charge < -0.3 is 19.5 Å². The minimum Gasteiger partial charge on any atom is -0.497 e. The zero-order valence-electron chi connectivity index (χ0n) is 15.0. The first-order valence-electron chi connectivity index (χ1n) is 8.41. The normalized spacial score (nSPS) is 17.6. The molecular weight excluding hydrogens is 354 g/mol. The second kappa shape index (κ2) is 7.46. The summed E-state index contributed by atoms with van der Waals surface area (Å²) in [5.74, 6) is 1.88. The Hall–Kier alpha value is -2.40. The van der Waals surface area contributed by atoms with Gasteiger partial charge in [-0.2, -0.15) is 0 Å². The number of carbonyl (C=O) groups excluding carboxylic acids is 1. The molecule has 1 aliphatic heterocycles. The van der Waals surface area contributed by atoms with Crippen LogP contribution in [0.15, 0.2) is 42.5 Å². The smallest absolute Gasteiger partial charge is 0.258 e. The van der Waals surface area contributed by atoms with E-state index >= 15 is 0 Å². The Labute approximate surface area is 158 Å². The Morgan fingerprint density at radius 3 is 2.62 bits per heavy atom. The highest BCUT2D eigenvalue weighted by molar-refractivity contribution is 6.30. The molecule has 0 bridgehead atoms. The quantitative estimate of drug-likeness (QED) is 0.853. The Kier molecular flexibility index (Phi) is 5.28. The molecule has 0 fully saturated rings. The molecule has 0 saturated carbocycles. The number of fused-ring (bicyclic) bond motifs is 1. The van der Waals surface area contributed by atoms with Gasteiger partial charge in [-0.05, 0) is 56.3 Å². The van der Waals surface area contributed by atoms with Gasteiger partial charge in [0, 0.05) is 17.0 Å². The molecule has 138 valence electrons. The average Bonchev–Trinajstić information content (AvgIpc) is 2.60. The van der Waals surface area contributed by atoms with Gasteiger partial charge >= 0.3 is 0 Å². The van der Waals surface area contributed by atoms with E-state index in [-0.39, 0.29) is 24.2 Å². The van der Waals surface area contributed by atoms with Gasteiger partial charge in [0.1, 0.15) is 22.8 Å². The minimum absolute atomic E-state index is 0.0707. The summed E-state index contributed by atoms with van der Waals surface area (Å²) in [6.07, 6.45) is 0.653. The molecule has 2 aromatic carbocycles. The van der Waals surface area contributed by atoms with E-state index in [9.17, 15) is 4.79 Å². The fraction of sp³-hybridized carbons (Fsp3) is 0.350. The van der Waals surface area contributed by atoms with Crippen LogP contribution < -0.4 is 19.5 Å². The number of benzene rings is 2. The van der Waals surface area contributed by atoms with Gasteiger partial charge in [-0.1, -0.05) is 11.6 Å². The maximum absolute atomic E-state index is 12.4. The summed E-state index contributed by atoms with van der Waals surface area (Å²) < 4.78 is 16.8. The molecule has 0 aromatic heterocycles. The van der Waals surface area contributed by atoms with Crippen LogP contribution in [0.2, 0.25) is 5.02 Å². The standard InChI is InChI=1S/C20H22ClNO4/c1-20(2)11-17(16-10-15(24-3)8-9-18(16)26-20)22-19(23)12-25-14-6-4-13(21)5-7-14/h4-10,17H,11-12H2,1-3H3,(H,22,23)/t17-/m1/s1. The second-order valence-electron chi connectivity index (χ2n) is 6.83. The van der Waals surface area contributed by atoms with Gasteiger partial charge in [0.25, 0.3) is 5.91 Å². The molecule has 1 amide bonds. The molecule has 0 aliphatic carbocycles. The fourth-order valence-corrected chi connectivity index (χ4v) is 3.13. The number of halogens is 1. The molecule has 1 aliphatic rings. The number of rotatable bonds is 5. The van der Waals surface area contributed by atoms with Crippen LogP contribution in [0.4, 0.5) is 0 Å². The van der Waals surface area contributed by atoms with Crippen molar-refractivity contribution in [3.8, 4) is 17.2 Å². The first-order valence-corrected chi connectivity index (χ1v) is 8.79. The van der Waals surface area contributed by atoms with Gasteiger partial charge in [-0.3, -0.25) is 4.79 Å².